The first-order valence-corrected chi connectivity index (χ1v) is 5.61. The molecule has 1 aliphatic heterocycles. The summed E-state index contributed by atoms with van der Waals surface area (Å²) in [5.41, 5.74) is 0. The van der Waals surface area contributed by atoms with Gasteiger partial charge in [0.25, 0.3) is 11.1 Å². The fourth-order valence-corrected chi connectivity index (χ4v) is 2.88. The number of hydrogen-bond donors (Lipinski definition) is 1. The van der Waals surface area contributed by atoms with E-state index in [9.17, 15) is 9.59 Å². The molecule has 1 aliphatic rings. The number of pyridine rings is 1. The summed E-state index contributed by atoms with van der Waals surface area (Å²) in [5.74, 6) is -0.254. The van der Waals surface area contributed by atoms with Gasteiger partial charge in [-0.2, -0.15) is 0 Å². The maximum absolute atomic E-state index is 11.2. The Labute approximate surface area is 88.9 Å². The highest BCUT2D eigenvalue weighted by atomic mass is 32.2. The van der Waals surface area contributed by atoms with Crippen molar-refractivity contribution in [3.8, 4) is 0 Å². The SMILES string of the molecule is O=C1NC(=O)C(Sc2ccccn2)S1. The molecule has 0 aliphatic carbocycles. The molecule has 2 rings (SSSR count). The van der Waals surface area contributed by atoms with Gasteiger partial charge in [0.15, 0.2) is 0 Å². The normalized spacial score (nSPS) is 21.0. The molecule has 6 heteroatoms. The van der Waals surface area contributed by atoms with Crippen LogP contribution in [0.2, 0.25) is 0 Å². The number of nitrogens with one attached hydrogen (secondary N) is 1. The van der Waals surface area contributed by atoms with Crippen LogP contribution in [0.25, 0.3) is 0 Å². The van der Waals surface area contributed by atoms with Crippen molar-refractivity contribution in [2.75, 3.05) is 0 Å². The molecule has 1 atom stereocenters. The van der Waals surface area contributed by atoms with Crippen molar-refractivity contribution in [1.29, 1.82) is 0 Å². The molecular formula is C8H6N2O2S2. The first-order valence-electron chi connectivity index (χ1n) is 3.85. The molecule has 72 valence electrons. The van der Waals surface area contributed by atoms with Crippen LogP contribution in [-0.4, -0.2) is 20.7 Å². The minimum absolute atomic E-state index is 0.254. The Morgan fingerprint density at radius 3 is 2.86 bits per heavy atom. The number of thioether (sulfide) groups is 2. The highest BCUT2D eigenvalue weighted by Gasteiger charge is 2.32. The molecule has 1 unspecified atom stereocenters. The van der Waals surface area contributed by atoms with Crippen molar-refractivity contribution in [3.63, 3.8) is 0 Å². The van der Waals surface area contributed by atoms with E-state index in [-0.39, 0.29) is 11.1 Å². The van der Waals surface area contributed by atoms with Gasteiger partial charge in [-0.25, -0.2) is 4.98 Å². The molecule has 0 bridgehead atoms. The Morgan fingerprint density at radius 1 is 1.43 bits per heavy atom. The minimum Gasteiger partial charge on any atom is -0.285 e. The van der Waals surface area contributed by atoms with Crippen molar-refractivity contribution in [2.45, 2.75) is 9.61 Å². The maximum atomic E-state index is 11.2. The number of rotatable bonds is 2. The highest BCUT2D eigenvalue weighted by molar-refractivity contribution is 8.26. The maximum Gasteiger partial charge on any atom is 0.287 e. The lowest BCUT2D eigenvalue weighted by molar-refractivity contribution is -0.117. The molecule has 1 fully saturated rings. The standard InChI is InChI=1S/C8H6N2O2S2/c11-6-7(14-8(12)10-6)13-5-3-1-2-4-9-5/h1-4,7H,(H,10,11,12). The number of aromatic nitrogens is 1. The Morgan fingerprint density at radius 2 is 2.29 bits per heavy atom. The Bertz CT molecular complexity index is 369. The van der Waals surface area contributed by atoms with Gasteiger partial charge in [-0.3, -0.25) is 14.9 Å². The lowest BCUT2D eigenvalue weighted by Gasteiger charge is -2.02. The number of imide groups is 1. The van der Waals surface area contributed by atoms with Gasteiger partial charge in [0.2, 0.25) is 0 Å². The molecule has 1 N–H and O–H groups in total. The molecule has 0 saturated carbocycles. The van der Waals surface area contributed by atoms with Crippen LogP contribution >= 0.6 is 23.5 Å². The van der Waals surface area contributed by atoms with Gasteiger partial charge in [-0.1, -0.05) is 17.8 Å². The molecule has 2 heterocycles. The second kappa shape index (κ2) is 4.02. The van der Waals surface area contributed by atoms with Crippen LogP contribution in [0.5, 0.6) is 0 Å². The van der Waals surface area contributed by atoms with E-state index in [1.807, 2.05) is 6.07 Å². The zero-order chi connectivity index (χ0) is 9.97. The van der Waals surface area contributed by atoms with E-state index in [0.717, 1.165) is 16.8 Å². The zero-order valence-corrected chi connectivity index (χ0v) is 8.60. The van der Waals surface area contributed by atoms with Gasteiger partial charge in [0.05, 0.1) is 5.03 Å². The van der Waals surface area contributed by atoms with Gasteiger partial charge in [-0.15, -0.1) is 0 Å². The van der Waals surface area contributed by atoms with E-state index in [4.69, 9.17) is 0 Å². The van der Waals surface area contributed by atoms with Crippen LogP contribution in [-0.2, 0) is 4.79 Å². The van der Waals surface area contributed by atoms with Crippen LogP contribution in [0.3, 0.4) is 0 Å². The average molecular weight is 226 g/mol. The molecular weight excluding hydrogens is 220 g/mol. The van der Waals surface area contributed by atoms with Crippen LogP contribution in [0.1, 0.15) is 0 Å². The van der Waals surface area contributed by atoms with Crippen molar-refractivity contribution in [1.82, 2.24) is 10.3 Å². The minimum atomic E-state index is -0.405. The number of carbonyl (C=O) groups is 2. The van der Waals surface area contributed by atoms with E-state index >= 15 is 0 Å². The molecule has 2 amide bonds. The van der Waals surface area contributed by atoms with Crippen LogP contribution < -0.4 is 5.32 Å². The molecule has 1 aromatic rings. The van der Waals surface area contributed by atoms with Gasteiger partial charge in [-0.05, 0) is 23.9 Å². The number of carbonyl (C=O) groups excluding carboxylic acids is 2. The van der Waals surface area contributed by atoms with Crippen molar-refractivity contribution in [2.24, 2.45) is 0 Å². The average Bonchev–Trinajstić information content (AvgIpc) is 2.47. The number of hydrogen-bond acceptors (Lipinski definition) is 5. The molecule has 0 radical (unpaired) electrons. The van der Waals surface area contributed by atoms with E-state index in [1.54, 1.807) is 18.3 Å². The Balaban J connectivity index is 2.05. The largest absolute Gasteiger partial charge is 0.287 e. The van der Waals surface area contributed by atoms with Crippen molar-refractivity contribution < 1.29 is 9.59 Å². The van der Waals surface area contributed by atoms with E-state index in [2.05, 4.69) is 10.3 Å². The number of nitrogens with zero attached hydrogens (tertiary/aromatic N) is 1. The summed E-state index contributed by atoms with van der Waals surface area (Å²) in [6, 6.07) is 5.45. The topological polar surface area (TPSA) is 59.1 Å². The summed E-state index contributed by atoms with van der Waals surface area (Å²) in [5, 5.41) is 2.68. The predicted molar refractivity (Wildman–Crippen MR) is 55.0 cm³/mol. The predicted octanol–water partition coefficient (Wildman–Crippen LogP) is 1.48. The van der Waals surface area contributed by atoms with Crippen molar-refractivity contribution in [3.05, 3.63) is 24.4 Å². The van der Waals surface area contributed by atoms with Crippen LogP contribution in [0, 0.1) is 0 Å². The summed E-state index contributed by atoms with van der Waals surface area (Å²) >= 11 is 2.27. The van der Waals surface area contributed by atoms with Crippen LogP contribution in [0.15, 0.2) is 29.4 Å². The van der Waals surface area contributed by atoms with E-state index in [0.29, 0.717) is 0 Å². The summed E-state index contributed by atoms with van der Waals surface area (Å²) < 4.78 is -0.405. The van der Waals surface area contributed by atoms with Gasteiger partial charge < -0.3 is 0 Å². The Kier molecular flexibility index (Phi) is 2.74. The molecule has 4 nitrogen and oxygen atoms in total. The van der Waals surface area contributed by atoms with Crippen LogP contribution in [0.4, 0.5) is 4.79 Å². The lowest BCUT2D eigenvalue weighted by atomic mass is 10.5. The second-order valence-corrected chi connectivity index (χ2v) is 5.01. The smallest absolute Gasteiger partial charge is 0.285 e. The third kappa shape index (κ3) is 2.08. The molecule has 0 aromatic carbocycles. The second-order valence-electron chi connectivity index (χ2n) is 2.51. The highest BCUT2D eigenvalue weighted by Crippen LogP contribution is 2.33. The molecule has 0 spiro atoms. The summed E-state index contributed by atoms with van der Waals surface area (Å²) in [6.07, 6.45) is 1.65. The third-order valence-electron chi connectivity index (χ3n) is 1.52. The summed E-state index contributed by atoms with van der Waals surface area (Å²) in [6.45, 7) is 0. The van der Waals surface area contributed by atoms with E-state index in [1.165, 1.54) is 11.8 Å². The summed E-state index contributed by atoms with van der Waals surface area (Å²) in [4.78, 5) is 26.1. The van der Waals surface area contributed by atoms with Crippen molar-refractivity contribution >= 4 is 34.7 Å². The zero-order valence-electron chi connectivity index (χ0n) is 6.97. The fraction of sp³-hybridized carbons (Fsp3) is 0.125. The van der Waals surface area contributed by atoms with E-state index < -0.39 is 4.58 Å². The summed E-state index contributed by atoms with van der Waals surface area (Å²) in [7, 11) is 0. The third-order valence-corrected chi connectivity index (χ3v) is 3.75. The van der Waals surface area contributed by atoms with Gasteiger partial charge in [0.1, 0.15) is 4.58 Å². The number of amides is 2. The monoisotopic (exact) mass is 226 g/mol. The first-order chi connectivity index (χ1) is 6.75. The quantitative estimate of drug-likeness (QED) is 0.827. The molecule has 1 saturated heterocycles. The Hall–Kier alpha value is -1.01. The molecule has 14 heavy (non-hydrogen) atoms. The van der Waals surface area contributed by atoms with Gasteiger partial charge >= 0.3 is 0 Å². The lowest BCUT2D eigenvalue weighted by Crippen LogP contribution is -2.22. The fourth-order valence-electron chi connectivity index (χ4n) is 0.944. The van der Waals surface area contributed by atoms with Gasteiger partial charge in [0, 0.05) is 6.20 Å². The molecule has 1 aromatic heterocycles. The first kappa shape index (κ1) is 9.54.